The van der Waals surface area contributed by atoms with E-state index in [4.69, 9.17) is 21.4 Å². The van der Waals surface area contributed by atoms with Gasteiger partial charge in [0.05, 0.1) is 12.1 Å². The molecule has 0 aromatic heterocycles. The number of rotatable bonds is 4. The van der Waals surface area contributed by atoms with Crippen LogP contribution in [0.25, 0.3) is 0 Å². The Balaban J connectivity index is 2.81. The van der Waals surface area contributed by atoms with Crippen LogP contribution in [0.2, 0.25) is 5.02 Å². The van der Waals surface area contributed by atoms with Crippen LogP contribution in [0.5, 0.6) is 5.75 Å². The maximum Gasteiger partial charge on any atom is 0.303 e. The van der Waals surface area contributed by atoms with E-state index in [1.54, 1.807) is 18.2 Å². The van der Waals surface area contributed by atoms with Gasteiger partial charge in [-0.05, 0) is 18.1 Å². The molecule has 0 radical (unpaired) electrons. The van der Waals surface area contributed by atoms with Gasteiger partial charge in [0.25, 0.3) is 0 Å². The first kappa shape index (κ1) is 10.9. The van der Waals surface area contributed by atoms with Gasteiger partial charge in [-0.3, -0.25) is 4.79 Å². The lowest BCUT2D eigenvalue weighted by Crippen LogP contribution is -1.98. The number of aliphatic carboxylic acids is 1. The fourth-order valence-electron chi connectivity index (χ4n) is 1.15. The molecule has 76 valence electrons. The summed E-state index contributed by atoms with van der Waals surface area (Å²) < 4.78 is 5.01. The zero-order valence-electron chi connectivity index (χ0n) is 7.79. The third-order valence-corrected chi connectivity index (χ3v) is 2.30. The molecule has 0 amide bonds. The number of carbonyl (C=O) groups is 1. The molecule has 0 unspecified atom stereocenters. The Hall–Kier alpha value is -1.22. The van der Waals surface area contributed by atoms with Crippen LogP contribution < -0.4 is 4.74 Å². The molecule has 1 N–H and O–H groups in total. The zero-order valence-corrected chi connectivity index (χ0v) is 8.54. The van der Waals surface area contributed by atoms with Crippen LogP contribution in [-0.2, 0) is 11.2 Å². The average Bonchev–Trinajstić information content (AvgIpc) is 2.16. The van der Waals surface area contributed by atoms with E-state index in [1.807, 2.05) is 0 Å². The quantitative estimate of drug-likeness (QED) is 0.837. The Morgan fingerprint density at radius 1 is 1.57 bits per heavy atom. The highest BCUT2D eigenvalue weighted by Crippen LogP contribution is 2.28. The third-order valence-electron chi connectivity index (χ3n) is 1.87. The molecule has 14 heavy (non-hydrogen) atoms. The Kier molecular flexibility index (Phi) is 3.77. The summed E-state index contributed by atoms with van der Waals surface area (Å²) in [5.41, 5.74) is 0.799. The molecule has 0 aliphatic carbocycles. The second kappa shape index (κ2) is 4.86. The van der Waals surface area contributed by atoms with Crippen LogP contribution in [0.1, 0.15) is 12.0 Å². The van der Waals surface area contributed by atoms with Crippen LogP contribution in [0, 0.1) is 0 Å². The largest absolute Gasteiger partial charge is 0.495 e. The van der Waals surface area contributed by atoms with E-state index < -0.39 is 5.97 Å². The summed E-state index contributed by atoms with van der Waals surface area (Å²) in [5.74, 6) is -0.251. The van der Waals surface area contributed by atoms with Gasteiger partial charge in [-0.2, -0.15) is 0 Å². The molecular formula is C10H11ClO3. The van der Waals surface area contributed by atoms with E-state index in [0.717, 1.165) is 5.56 Å². The molecule has 0 fully saturated rings. The van der Waals surface area contributed by atoms with E-state index in [-0.39, 0.29) is 6.42 Å². The first-order valence-corrected chi connectivity index (χ1v) is 4.56. The topological polar surface area (TPSA) is 46.5 Å². The van der Waals surface area contributed by atoms with Crippen LogP contribution in [0.4, 0.5) is 0 Å². The Morgan fingerprint density at radius 2 is 2.29 bits per heavy atom. The number of benzene rings is 1. The predicted molar refractivity (Wildman–Crippen MR) is 54.0 cm³/mol. The van der Waals surface area contributed by atoms with E-state index in [0.29, 0.717) is 17.2 Å². The molecule has 1 rings (SSSR count). The van der Waals surface area contributed by atoms with Crippen molar-refractivity contribution in [2.45, 2.75) is 12.8 Å². The Morgan fingerprint density at radius 3 is 2.86 bits per heavy atom. The van der Waals surface area contributed by atoms with Gasteiger partial charge in [-0.15, -0.1) is 0 Å². The number of halogens is 1. The van der Waals surface area contributed by atoms with Gasteiger partial charge in [0.1, 0.15) is 5.75 Å². The van der Waals surface area contributed by atoms with Crippen molar-refractivity contribution >= 4 is 17.6 Å². The van der Waals surface area contributed by atoms with E-state index >= 15 is 0 Å². The molecule has 0 heterocycles. The van der Waals surface area contributed by atoms with Gasteiger partial charge in [0.15, 0.2) is 0 Å². The number of methoxy groups -OCH3 is 1. The zero-order chi connectivity index (χ0) is 10.6. The van der Waals surface area contributed by atoms with E-state index in [9.17, 15) is 4.79 Å². The molecule has 0 aliphatic heterocycles. The summed E-state index contributed by atoms with van der Waals surface area (Å²) in [6.07, 6.45) is 0.498. The van der Waals surface area contributed by atoms with Crippen LogP contribution in [-0.4, -0.2) is 18.2 Å². The number of ether oxygens (including phenoxy) is 1. The van der Waals surface area contributed by atoms with Crippen molar-refractivity contribution < 1.29 is 14.6 Å². The second-order valence-corrected chi connectivity index (χ2v) is 3.21. The molecule has 1 aromatic rings. The third kappa shape index (κ3) is 2.64. The smallest absolute Gasteiger partial charge is 0.303 e. The number of aryl methyl sites for hydroxylation is 1. The lowest BCUT2D eigenvalue weighted by atomic mass is 10.1. The number of carboxylic acid groups (broad SMARTS) is 1. The fraction of sp³-hybridized carbons (Fsp3) is 0.300. The van der Waals surface area contributed by atoms with Gasteiger partial charge in [-0.1, -0.05) is 23.7 Å². The van der Waals surface area contributed by atoms with Gasteiger partial charge in [0.2, 0.25) is 0 Å². The standard InChI is InChI=1S/C10H11ClO3/c1-14-8-4-2-3-7(10(8)11)5-6-9(12)13/h2-4H,5-6H2,1H3,(H,12,13). The summed E-state index contributed by atoms with van der Waals surface area (Å²) in [6.45, 7) is 0. The number of hydrogen-bond donors (Lipinski definition) is 1. The summed E-state index contributed by atoms with van der Waals surface area (Å²) in [5, 5.41) is 9.01. The minimum atomic E-state index is -0.830. The predicted octanol–water partition coefficient (Wildman–Crippen LogP) is 2.37. The SMILES string of the molecule is COc1cccc(CCC(=O)O)c1Cl. The monoisotopic (exact) mass is 214 g/mol. The Labute approximate surface area is 87.3 Å². The summed E-state index contributed by atoms with van der Waals surface area (Å²) in [7, 11) is 1.53. The number of hydrogen-bond acceptors (Lipinski definition) is 2. The highest BCUT2D eigenvalue weighted by molar-refractivity contribution is 6.32. The van der Waals surface area contributed by atoms with Crippen LogP contribution >= 0.6 is 11.6 Å². The molecule has 4 heteroatoms. The fourth-order valence-corrected chi connectivity index (χ4v) is 1.45. The van der Waals surface area contributed by atoms with Crippen molar-refractivity contribution in [3.05, 3.63) is 28.8 Å². The molecule has 0 aliphatic rings. The van der Waals surface area contributed by atoms with Gasteiger partial charge in [-0.25, -0.2) is 0 Å². The molecule has 0 saturated carbocycles. The summed E-state index contributed by atoms with van der Waals surface area (Å²) in [6, 6.07) is 5.34. The van der Waals surface area contributed by atoms with Crippen molar-refractivity contribution in [2.75, 3.05) is 7.11 Å². The maximum atomic E-state index is 10.4. The minimum absolute atomic E-state index is 0.0763. The summed E-state index contributed by atoms with van der Waals surface area (Å²) in [4.78, 5) is 10.4. The molecule has 3 nitrogen and oxygen atoms in total. The number of carboxylic acids is 1. The molecule has 1 aromatic carbocycles. The van der Waals surface area contributed by atoms with Crippen molar-refractivity contribution in [2.24, 2.45) is 0 Å². The lowest BCUT2D eigenvalue weighted by Gasteiger charge is -2.06. The van der Waals surface area contributed by atoms with Gasteiger partial charge in [0, 0.05) is 6.42 Å². The lowest BCUT2D eigenvalue weighted by molar-refractivity contribution is -0.136. The van der Waals surface area contributed by atoms with E-state index in [2.05, 4.69) is 0 Å². The van der Waals surface area contributed by atoms with E-state index in [1.165, 1.54) is 7.11 Å². The molecule has 0 bridgehead atoms. The molecule has 0 saturated heterocycles. The normalized spacial score (nSPS) is 9.86. The van der Waals surface area contributed by atoms with Crippen LogP contribution in [0.3, 0.4) is 0 Å². The van der Waals surface area contributed by atoms with Crippen molar-refractivity contribution in [1.29, 1.82) is 0 Å². The highest BCUT2D eigenvalue weighted by atomic mass is 35.5. The first-order valence-electron chi connectivity index (χ1n) is 4.18. The van der Waals surface area contributed by atoms with Gasteiger partial charge < -0.3 is 9.84 Å². The second-order valence-electron chi connectivity index (χ2n) is 2.83. The van der Waals surface area contributed by atoms with Gasteiger partial charge >= 0.3 is 5.97 Å². The molecular weight excluding hydrogens is 204 g/mol. The average molecular weight is 215 g/mol. The maximum absolute atomic E-state index is 10.4. The van der Waals surface area contributed by atoms with Crippen molar-refractivity contribution in [1.82, 2.24) is 0 Å². The van der Waals surface area contributed by atoms with Crippen molar-refractivity contribution in [3.8, 4) is 5.75 Å². The molecule has 0 atom stereocenters. The van der Waals surface area contributed by atoms with Crippen molar-refractivity contribution in [3.63, 3.8) is 0 Å². The first-order chi connectivity index (χ1) is 6.65. The summed E-state index contributed by atoms with van der Waals surface area (Å²) >= 11 is 5.97. The molecule has 0 spiro atoms. The van der Waals surface area contributed by atoms with Crippen LogP contribution in [0.15, 0.2) is 18.2 Å². The minimum Gasteiger partial charge on any atom is -0.495 e. The Bertz CT molecular complexity index is 336. The highest BCUT2D eigenvalue weighted by Gasteiger charge is 2.07.